The molecule has 0 radical (unpaired) electrons. The quantitative estimate of drug-likeness (QED) is 0.408. The Hall–Kier alpha value is -3.37. The number of thiocarbonyl (C=S) groups is 1. The lowest BCUT2D eigenvalue weighted by molar-refractivity contribution is -0.122. The summed E-state index contributed by atoms with van der Waals surface area (Å²) in [6.45, 7) is 5.20. The first-order chi connectivity index (χ1) is 16.4. The third kappa shape index (κ3) is 4.26. The third-order valence-electron chi connectivity index (χ3n) is 5.36. The van der Waals surface area contributed by atoms with Crippen molar-refractivity contribution in [2.24, 2.45) is 5.92 Å². The fourth-order valence-corrected chi connectivity index (χ4v) is 5.01. The number of carbonyl (C=O) groups is 1. The summed E-state index contributed by atoms with van der Waals surface area (Å²) in [4.78, 5) is 33.0. The van der Waals surface area contributed by atoms with Gasteiger partial charge in [-0.1, -0.05) is 50.0 Å². The summed E-state index contributed by atoms with van der Waals surface area (Å²) in [5.41, 5.74) is 1.47. The predicted octanol–water partition coefficient (Wildman–Crippen LogP) is 3.89. The van der Waals surface area contributed by atoms with Crippen molar-refractivity contribution in [1.82, 2.24) is 14.3 Å². The molecular formula is C24H22N4O4S2. The highest BCUT2D eigenvalue weighted by Gasteiger charge is 2.33. The van der Waals surface area contributed by atoms with Crippen molar-refractivity contribution < 1.29 is 14.3 Å². The highest BCUT2D eigenvalue weighted by Crippen LogP contribution is 2.34. The topological polar surface area (TPSA) is 85.2 Å². The highest BCUT2D eigenvalue weighted by molar-refractivity contribution is 8.26. The van der Waals surface area contributed by atoms with Crippen LogP contribution in [0.5, 0.6) is 11.5 Å². The van der Waals surface area contributed by atoms with Crippen LogP contribution in [0.1, 0.15) is 25.0 Å². The fourth-order valence-electron chi connectivity index (χ4n) is 3.76. The maximum atomic E-state index is 13.4. The van der Waals surface area contributed by atoms with Gasteiger partial charge in [0.2, 0.25) is 6.79 Å². The van der Waals surface area contributed by atoms with Gasteiger partial charge in [0, 0.05) is 19.3 Å². The van der Waals surface area contributed by atoms with Crippen molar-refractivity contribution in [3.63, 3.8) is 0 Å². The monoisotopic (exact) mass is 494 g/mol. The first-order valence-corrected chi connectivity index (χ1v) is 12.0. The van der Waals surface area contributed by atoms with E-state index in [1.54, 1.807) is 29.3 Å². The number of nitrogens with one attached hydrogen (secondary N) is 1. The minimum Gasteiger partial charge on any atom is -0.454 e. The fraction of sp³-hybridized carbons (Fsp3) is 0.250. The van der Waals surface area contributed by atoms with Gasteiger partial charge in [-0.25, -0.2) is 4.98 Å². The number of carbonyl (C=O) groups excluding carboxylic acids is 1. The van der Waals surface area contributed by atoms with Gasteiger partial charge in [0.15, 0.2) is 11.5 Å². The Kier molecular flexibility index (Phi) is 6.01. The van der Waals surface area contributed by atoms with E-state index in [1.165, 1.54) is 16.2 Å². The molecule has 0 saturated carbocycles. The number of hydrogen-bond donors (Lipinski definition) is 1. The molecule has 0 aliphatic carbocycles. The number of pyridine rings is 1. The van der Waals surface area contributed by atoms with Crippen molar-refractivity contribution in [3.05, 3.63) is 69.0 Å². The van der Waals surface area contributed by atoms with Gasteiger partial charge in [-0.3, -0.25) is 18.9 Å². The zero-order chi connectivity index (χ0) is 23.8. The molecule has 0 bridgehead atoms. The number of benzene rings is 1. The molecule has 2 aliphatic rings. The average Bonchev–Trinajstić information content (AvgIpc) is 3.39. The SMILES string of the molecule is CC(C)CN1C(=O)/C(=C/c2c(NCc3ccc4c(c3)OCO4)nc3ccccn3c2=O)SC1=S. The van der Waals surface area contributed by atoms with Crippen molar-refractivity contribution in [2.45, 2.75) is 20.4 Å². The second-order valence-electron chi connectivity index (χ2n) is 8.34. The van der Waals surface area contributed by atoms with Crippen molar-refractivity contribution in [3.8, 4) is 11.5 Å². The molecule has 2 aliphatic heterocycles. The largest absolute Gasteiger partial charge is 0.454 e. The molecule has 5 rings (SSSR count). The number of anilines is 1. The molecule has 0 spiro atoms. The number of rotatable bonds is 6. The molecule has 1 aromatic carbocycles. The van der Waals surface area contributed by atoms with Crippen molar-refractivity contribution in [1.29, 1.82) is 0 Å². The van der Waals surface area contributed by atoms with Crippen LogP contribution in [0.2, 0.25) is 0 Å². The van der Waals surface area contributed by atoms with Crippen LogP contribution >= 0.6 is 24.0 Å². The van der Waals surface area contributed by atoms with Crippen LogP contribution in [0.3, 0.4) is 0 Å². The lowest BCUT2D eigenvalue weighted by Gasteiger charge is -2.16. The van der Waals surface area contributed by atoms with E-state index in [2.05, 4.69) is 10.3 Å². The number of hydrogen-bond acceptors (Lipinski definition) is 8. The second-order valence-corrected chi connectivity index (χ2v) is 10.0. The lowest BCUT2D eigenvalue weighted by Crippen LogP contribution is -2.31. The summed E-state index contributed by atoms with van der Waals surface area (Å²) in [7, 11) is 0. The molecule has 3 aromatic rings. The van der Waals surface area contributed by atoms with Crippen molar-refractivity contribution >= 4 is 51.7 Å². The van der Waals surface area contributed by atoms with Gasteiger partial charge in [0.1, 0.15) is 15.8 Å². The minimum atomic E-state index is -0.270. The molecule has 1 saturated heterocycles. The number of fused-ring (bicyclic) bond motifs is 2. The van der Waals surface area contributed by atoms with Crippen LogP contribution in [0, 0.1) is 5.92 Å². The van der Waals surface area contributed by atoms with Gasteiger partial charge < -0.3 is 14.8 Å². The maximum Gasteiger partial charge on any atom is 0.267 e. The number of thioether (sulfide) groups is 1. The van der Waals surface area contributed by atoms with E-state index < -0.39 is 0 Å². The molecular weight excluding hydrogens is 472 g/mol. The molecule has 10 heteroatoms. The summed E-state index contributed by atoms with van der Waals surface area (Å²) in [5, 5.41) is 3.26. The van der Waals surface area contributed by atoms with Gasteiger partial charge >= 0.3 is 0 Å². The molecule has 4 heterocycles. The number of nitrogens with zero attached hydrogens (tertiary/aromatic N) is 3. The standard InChI is InChI=1S/C24H22N4O4S2/c1-14(2)12-28-23(30)19(34-24(28)33)10-16-21(26-20-5-3-4-8-27(20)22(16)29)25-11-15-6-7-17-18(9-15)32-13-31-17/h3-10,14,25H,11-13H2,1-2H3/b19-10-. The van der Waals surface area contributed by atoms with Crippen molar-refractivity contribution in [2.75, 3.05) is 18.7 Å². The van der Waals surface area contributed by atoms with Crippen LogP contribution in [-0.4, -0.2) is 37.8 Å². The second kappa shape index (κ2) is 9.11. The number of amides is 1. The van der Waals surface area contributed by atoms with E-state index in [4.69, 9.17) is 21.7 Å². The van der Waals surface area contributed by atoms with Gasteiger partial charge in [-0.15, -0.1) is 0 Å². The molecule has 0 atom stereocenters. The van der Waals surface area contributed by atoms with Crippen LogP contribution < -0.4 is 20.3 Å². The average molecular weight is 495 g/mol. The van der Waals surface area contributed by atoms with Gasteiger partial charge in [0.05, 0.1) is 10.5 Å². The molecule has 174 valence electrons. The predicted molar refractivity (Wildman–Crippen MR) is 136 cm³/mol. The van der Waals surface area contributed by atoms with Gasteiger partial charge in [-0.2, -0.15) is 0 Å². The molecule has 1 amide bonds. The summed E-state index contributed by atoms with van der Waals surface area (Å²) < 4.78 is 12.8. The van der Waals surface area contributed by atoms with E-state index in [1.807, 2.05) is 38.1 Å². The smallest absolute Gasteiger partial charge is 0.267 e. The summed E-state index contributed by atoms with van der Waals surface area (Å²) in [6.07, 6.45) is 3.25. The van der Waals surface area contributed by atoms with E-state index in [0.29, 0.717) is 50.8 Å². The summed E-state index contributed by atoms with van der Waals surface area (Å²) in [6, 6.07) is 11.0. The summed E-state index contributed by atoms with van der Waals surface area (Å²) in [5.74, 6) is 1.86. The Morgan fingerprint density at radius 2 is 2.03 bits per heavy atom. The van der Waals surface area contributed by atoms with Crippen LogP contribution in [-0.2, 0) is 11.3 Å². The van der Waals surface area contributed by atoms with E-state index >= 15 is 0 Å². The maximum absolute atomic E-state index is 13.4. The Labute approximate surface area is 205 Å². The lowest BCUT2D eigenvalue weighted by atomic mass is 10.2. The molecule has 34 heavy (non-hydrogen) atoms. The normalized spacial score (nSPS) is 16.3. The first kappa shape index (κ1) is 22.4. The Bertz CT molecular complexity index is 1400. The highest BCUT2D eigenvalue weighted by atomic mass is 32.2. The molecule has 2 aromatic heterocycles. The zero-order valence-electron chi connectivity index (χ0n) is 18.6. The molecule has 0 unspecified atom stereocenters. The van der Waals surface area contributed by atoms with Crippen LogP contribution in [0.15, 0.2) is 52.3 Å². The summed E-state index contributed by atoms with van der Waals surface area (Å²) >= 11 is 6.62. The van der Waals surface area contributed by atoms with E-state index in [-0.39, 0.29) is 24.2 Å². The van der Waals surface area contributed by atoms with E-state index in [0.717, 1.165) is 5.56 Å². The number of aromatic nitrogens is 2. The Morgan fingerprint density at radius 3 is 2.85 bits per heavy atom. The van der Waals surface area contributed by atoms with Crippen LogP contribution in [0.25, 0.3) is 11.7 Å². The first-order valence-electron chi connectivity index (χ1n) is 10.8. The Morgan fingerprint density at radius 1 is 1.21 bits per heavy atom. The number of ether oxygens (including phenoxy) is 2. The van der Waals surface area contributed by atoms with Gasteiger partial charge in [-0.05, 0) is 41.8 Å². The molecule has 8 nitrogen and oxygen atoms in total. The van der Waals surface area contributed by atoms with E-state index in [9.17, 15) is 9.59 Å². The Balaban J connectivity index is 1.52. The third-order valence-corrected chi connectivity index (χ3v) is 6.74. The minimum absolute atomic E-state index is 0.192. The van der Waals surface area contributed by atoms with Crippen LogP contribution in [0.4, 0.5) is 5.82 Å². The molecule has 1 N–H and O–H groups in total. The molecule has 1 fully saturated rings. The zero-order valence-corrected chi connectivity index (χ0v) is 20.2. The van der Waals surface area contributed by atoms with Gasteiger partial charge in [0.25, 0.3) is 11.5 Å².